The average Bonchev–Trinajstić information content (AvgIpc) is 3.37. The monoisotopic (exact) mass is 905 g/mol. The maximum atomic E-state index is 11.5. The molecule has 348 valence electrons. The summed E-state index contributed by atoms with van der Waals surface area (Å²) in [6.07, 6.45) is 5.68. The van der Waals surface area contributed by atoms with Gasteiger partial charge in [-0.25, -0.2) is 4.79 Å². The number of nitrogens with one attached hydrogen (secondary N) is 2. The van der Waals surface area contributed by atoms with E-state index in [1.807, 2.05) is 110 Å². The van der Waals surface area contributed by atoms with Crippen LogP contribution >= 0.6 is 0 Å². The van der Waals surface area contributed by atoms with E-state index in [1.54, 1.807) is 27.4 Å². The molecular weight excluding hydrogens is 843 g/mol. The van der Waals surface area contributed by atoms with Gasteiger partial charge >= 0.3 is 5.97 Å². The van der Waals surface area contributed by atoms with Gasteiger partial charge in [-0.05, 0) is 182 Å². The Labute approximate surface area is 402 Å². The summed E-state index contributed by atoms with van der Waals surface area (Å²) >= 11 is 0. The third-order valence-corrected chi connectivity index (χ3v) is 11.6. The fourth-order valence-electron chi connectivity index (χ4n) is 7.55. The van der Waals surface area contributed by atoms with Gasteiger partial charge in [-0.15, -0.1) is 0 Å². The van der Waals surface area contributed by atoms with E-state index in [1.165, 1.54) is 39.1 Å². The third kappa shape index (κ3) is 15.6. The summed E-state index contributed by atoms with van der Waals surface area (Å²) in [5, 5.41) is 16.2. The number of nitrogen functional groups attached to an aromatic ring is 1. The zero-order valence-electron chi connectivity index (χ0n) is 39.8. The normalized spacial score (nSPS) is 10.4. The van der Waals surface area contributed by atoms with Crippen molar-refractivity contribution in [2.45, 2.75) is 52.4 Å². The first-order chi connectivity index (χ1) is 33.1. The SMILES string of the molecule is COc1cccc(CCc2ccc(C(=O)O)c(Nc3ccccc3)c2)c1.COc1cccc(CCc2ccc(C)c(N)c2)c1.COc1cccc(CCc2ccc(C)c(Nc3ccccc3)c2)c1. The predicted octanol–water partition coefficient (Wildman–Crippen LogP) is 13.8. The first-order valence-corrected chi connectivity index (χ1v) is 22.9. The van der Waals surface area contributed by atoms with Crippen molar-refractivity contribution in [1.29, 1.82) is 0 Å². The number of carboxylic acids is 1. The average molecular weight is 906 g/mol. The largest absolute Gasteiger partial charge is 0.497 e. The molecule has 5 N–H and O–H groups in total. The van der Waals surface area contributed by atoms with Crippen LogP contribution in [0.3, 0.4) is 0 Å². The number of hydrogen-bond acceptors (Lipinski definition) is 7. The van der Waals surface area contributed by atoms with Crippen LogP contribution in [0.25, 0.3) is 0 Å². The van der Waals surface area contributed by atoms with E-state index in [4.69, 9.17) is 19.9 Å². The van der Waals surface area contributed by atoms with E-state index in [0.717, 1.165) is 84.0 Å². The number of benzene rings is 8. The van der Waals surface area contributed by atoms with Crippen LogP contribution < -0.4 is 30.6 Å². The van der Waals surface area contributed by atoms with Crippen LogP contribution in [0, 0.1) is 13.8 Å². The number of carboxylic acid groups (broad SMARTS) is 1. The first-order valence-electron chi connectivity index (χ1n) is 22.9. The number of ether oxygens (including phenoxy) is 3. The van der Waals surface area contributed by atoms with Gasteiger partial charge in [0.05, 0.1) is 32.6 Å². The molecule has 0 spiro atoms. The van der Waals surface area contributed by atoms with Crippen molar-refractivity contribution in [2.75, 3.05) is 37.7 Å². The highest BCUT2D eigenvalue weighted by atomic mass is 16.5. The zero-order valence-corrected chi connectivity index (χ0v) is 39.8. The molecule has 0 saturated carbocycles. The molecule has 0 unspecified atom stereocenters. The highest BCUT2D eigenvalue weighted by Gasteiger charge is 2.12. The lowest BCUT2D eigenvalue weighted by Gasteiger charge is -2.12. The number of hydrogen-bond donors (Lipinski definition) is 4. The Balaban J connectivity index is 0.000000171. The molecule has 8 aromatic rings. The molecule has 8 nitrogen and oxygen atoms in total. The summed E-state index contributed by atoms with van der Waals surface area (Å²) in [4.78, 5) is 11.5. The summed E-state index contributed by atoms with van der Waals surface area (Å²) in [6, 6.07) is 62.7. The van der Waals surface area contributed by atoms with Gasteiger partial charge in [-0.1, -0.05) is 103 Å². The number of aromatic carboxylic acids is 1. The molecule has 68 heavy (non-hydrogen) atoms. The summed E-state index contributed by atoms with van der Waals surface area (Å²) < 4.78 is 15.8. The van der Waals surface area contributed by atoms with E-state index in [9.17, 15) is 9.90 Å². The topological polar surface area (TPSA) is 115 Å². The van der Waals surface area contributed by atoms with Crippen LogP contribution in [0.1, 0.15) is 54.9 Å². The molecule has 0 aliphatic rings. The second-order valence-corrected chi connectivity index (χ2v) is 16.6. The van der Waals surface area contributed by atoms with Crippen LogP contribution in [0.15, 0.2) is 188 Å². The Kier molecular flexibility index (Phi) is 18.7. The van der Waals surface area contributed by atoms with E-state index in [2.05, 4.69) is 96.4 Å². The Morgan fingerprint density at radius 3 is 1.21 bits per heavy atom. The van der Waals surface area contributed by atoms with Gasteiger partial charge in [-0.2, -0.15) is 0 Å². The number of methoxy groups -OCH3 is 3. The number of anilines is 5. The number of aryl methyl sites for hydroxylation is 8. The quantitative estimate of drug-likeness (QED) is 0.0668. The molecule has 0 saturated heterocycles. The van der Waals surface area contributed by atoms with E-state index < -0.39 is 5.97 Å². The molecule has 0 amide bonds. The molecule has 0 fully saturated rings. The lowest BCUT2D eigenvalue weighted by molar-refractivity contribution is 0.0698. The van der Waals surface area contributed by atoms with Gasteiger partial charge < -0.3 is 35.7 Å². The minimum Gasteiger partial charge on any atom is -0.497 e. The number of rotatable bonds is 17. The fourth-order valence-corrected chi connectivity index (χ4v) is 7.55. The van der Waals surface area contributed by atoms with Gasteiger partial charge in [0.25, 0.3) is 0 Å². The highest BCUT2D eigenvalue weighted by molar-refractivity contribution is 5.95. The maximum absolute atomic E-state index is 11.5. The first kappa shape index (κ1) is 49.5. The summed E-state index contributed by atoms with van der Waals surface area (Å²) in [6.45, 7) is 4.16. The van der Waals surface area contributed by atoms with Gasteiger partial charge in [0, 0.05) is 22.7 Å². The molecule has 0 aromatic heterocycles. The predicted molar refractivity (Wildman–Crippen MR) is 281 cm³/mol. The van der Waals surface area contributed by atoms with E-state index >= 15 is 0 Å². The van der Waals surface area contributed by atoms with Crippen molar-refractivity contribution >= 4 is 34.4 Å². The van der Waals surface area contributed by atoms with Crippen LogP contribution in [0.4, 0.5) is 28.4 Å². The van der Waals surface area contributed by atoms with Crippen LogP contribution in [-0.2, 0) is 38.5 Å². The molecule has 0 aliphatic carbocycles. The van der Waals surface area contributed by atoms with Gasteiger partial charge in [-0.3, -0.25) is 0 Å². The van der Waals surface area contributed by atoms with E-state index in [0.29, 0.717) is 5.69 Å². The summed E-state index contributed by atoms with van der Waals surface area (Å²) in [5.41, 5.74) is 20.7. The molecule has 0 heterocycles. The Morgan fingerprint density at radius 1 is 0.426 bits per heavy atom. The molecule has 0 aliphatic heterocycles. The number of nitrogens with two attached hydrogens (primary N) is 1. The van der Waals surface area contributed by atoms with Gasteiger partial charge in [0.2, 0.25) is 0 Å². The van der Waals surface area contributed by atoms with Crippen molar-refractivity contribution in [3.8, 4) is 17.2 Å². The number of para-hydroxylation sites is 2. The van der Waals surface area contributed by atoms with Gasteiger partial charge in [0.15, 0.2) is 0 Å². The lowest BCUT2D eigenvalue weighted by atomic mass is 10.0. The second kappa shape index (κ2) is 25.7. The third-order valence-electron chi connectivity index (χ3n) is 11.6. The second-order valence-electron chi connectivity index (χ2n) is 16.6. The molecule has 8 rings (SSSR count). The lowest BCUT2D eigenvalue weighted by Crippen LogP contribution is -2.04. The standard InChI is InChI=1S/C22H21NO3.C22H23NO.C16H19NO/c1-26-19-9-5-6-16(14-19)10-11-17-12-13-20(22(24)25)21(15-17)23-18-7-3-2-4-8-18;1-17-11-12-19(14-13-18-7-6-10-21(15-18)24-2)16-22(17)23-20-8-4-3-5-9-20;1-12-6-7-14(11-16(12)17)9-8-13-4-3-5-15(10-13)18-2/h2-9,12-15,23H,10-11H2,1H3,(H,24,25);3-12,15-16,23H,13-14H2,1-2H3;3-7,10-11H,8-9,17H2,1-2H3. The molecule has 0 bridgehead atoms. The molecule has 8 heteroatoms. The minimum absolute atomic E-state index is 0.263. The van der Waals surface area contributed by atoms with Gasteiger partial charge in [0.1, 0.15) is 17.2 Å². The van der Waals surface area contributed by atoms with Crippen molar-refractivity contribution in [2.24, 2.45) is 0 Å². The Hall–Kier alpha value is -7.97. The van der Waals surface area contributed by atoms with Crippen LogP contribution in [-0.4, -0.2) is 32.4 Å². The summed E-state index contributed by atoms with van der Waals surface area (Å²) in [5.74, 6) is 1.73. The van der Waals surface area contributed by atoms with Crippen LogP contribution in [0.2, 0.25) is 0 Å². The zero-order chi connectivity index (χ0) is 48.1. The summed E-state index contributed by atoms with van der Waals surface area (Å²) in [7, 11) is 5.06. The maximum Gasteiger partial charge on any atom is 0.337 e. The number of carbonyl (C=O) groups is 1. The van der Waals surface area contributed by atoms with E-state index in [-0.39, 0.29) is 5.56 Å². The Morgan fingerprint density at radius 2 is 0.794 bits per heavy atom. The van der Waals surface area contributed by atoms with Crippen molar-refractivity contribution in [1.82, 2.24) is 0 Å². The van der Waals surface area contributed by atoms with Crippen molar-refractivity contribution < 1.29 is 24.1 Å². The smallest absolute Gasteiger partial charge is 0.337 e. The molecule has 0 radical (unpaired) electrons. The van der Waals surface area contributed by atoms with Crippen molar-refractivity contribution in [3.63, 3.8) is 0 Å². The van der Waals surface area contributed by atoms with Crippen LogP contribution in [0.5, 0.6) is 17.2 Å². The van der Waals surface area contributed by atoms with Crippen molar-refractivity contribution in [3.05, 3.63) is 238 Å². The molecule has 8 aromatic carbocycles. The Bertz CT molecular complexity index is 2830. The fraction of sp³-hybridized carbons (Fsp3) is 0.183. The molecular formula is C60H63N3O5. The molecule has 0 atom stereocenters. The highest BCUT2D eigenvalue weighted by Crippen LogP contribution is 2.26. The minimum atomic E-state index is -0.942.